The molecule has 1 aromatic carbocycles. The highest BCUT2D eigenvalue weighted by atomic mass is 32.1. The van der Waals surface area contributed by atoms with Gasteiger partial charge in [-0.05, 0) is 29.6 Å². The van der Waals surface area contributed by atoms with E-state index >= 15 is 0 Å². The molecule has 2 aromatic rings. The molecule has 0 bridgehead atoms. The van der Waals surface area contributed by atoms with Gasteiger partial charge in [-0.3, -0.25) is 4.79 Å². The molecule has 94 valence electrons. The van der Waals surface area contributed by atoms with E-state index in [9.17, 15) is 4.79 Å². The fourth-order valence-electron chi connectivity index (χ4n) is 1.45. The molecule has 18 heavy (non-hydrogen) atoms. The maximum Gasteiger partial charge on any atom is 0.250 e. The van der Waals surface area contributed by atoms with Crippen LogP contribution in [0.15, 0.2) is 41.8 Å². The molecular formula is C13H14N2O2S. The van der Waals surface area contributed by atoms with Crippen molar-refractivity contribution in [3.8, 4) is 0 Å². The summed E-state index contributed by atoms with van der Waals surface area (Å²) < 4.78 is 5.31. The molecule has 0 atom stereocenters. The number of amides is 1. The van der Waals surface area contributed by atoms with Crippen molar-refractivity contribution in [3.05, 3.63) is 46.7 Å². The normalized spacial score (nSPS) is 10.2. The number of nitrogens with one attached hydrogen (secondary N) is 1. The Hall–Kier alpha value is -1.85. The van der Waals surface area contributed by atoms with Crippen molar-refractivity contribution >= 4 is 28.6 Å². The lowest BCUT2D eigenvalue weighted by atomic mass is 10.3. The Morgan fingerprint density at radius 1 is 1.33 bits per heavy atom. The molecule has 0 fully saturated rings. The summed E-state index contributed by atoms with van der Waals surface area (Å²) in [5.74, 6) is -0.183. The van der Waals surface area contributed by atoms with Crippen LogP contribution in [0.2, 0.25) is 0 Å². The van der Waals surface area contributed by atoms with Gasteiger partial charge in [-0.25, -0.2) is 0 Å². The molecule has 0 aliphatic rings. The lowest BCUT2D eigenvalue weighted by Gasteiger charge is -2.06. The second kappa shape index (κ2) is 6.18. The Bertz CT molecular complexity index is 511. The van der Waals surface area contributed by atoms with Crippen LogP contribution in [0.25, 0.3) is 0 Å². The van der Waals surface area contributed by atoms with E-state index in [1.54, 1.807) is 35.6 Å². The highest BCUT2D eigenvalue weighted by Crippen LogP contribution is 2.12. The van der Waals surface area contributed by atoms with Crippen LogP contribution in [0.5, 0.6) is 0 Å². The van der Waals surface area contributed by atoms with Crippen molar-refractivity contribution in [2.45, 2.75) is 6.61 Å². The minimum Gasteiger partial charge on any atom is -0.399 e. The number of anilines is 2. The molecule has 3 N–H and O–H groups in total. The molecule has 4 nitrogen and oxygen atoms in total. The number of nitrogen functional groups attached to an aromatic ring is 1. The predicted molar refractivity (Wildman–Crippen MR) is 73.5 cm³/mol. The number of carbonyl (C=O) groups excluding carboxylic acids is 1. The molecular weight excluding hydrogens is 248 g/mol. The molecule has 0 radical (unpaired) electrons. The smallest absolute Gasteiger partial charge is 0.250 e. The van der Waals surface area contributed by atoms with Gasteiger partial charge in [0.2, 0.25) is 5.91 Å². The highest BCUT2D eigenvalue weighted by molar-refractivity contribution is 7.09. The van der Waals surface area contributed by atoms with Gasteiger partial charge in [0.1, 0.15) is 6.61 Å². The topological polar surface area (TPSA) is 64.3 Å². The van der Waals surface area contributed by atoms with Crippen LogP contribution < -0.4 is 11.1 Å². The van der Waals surface area contributed by atoms with Crippen LogP contribution in [-0.4, -0.2) is 12.5 Å². The van der Waals surface area contributed by atoms with Gasteiger partial charge in [0.15, 0.2) is 0 Å². The van der Waals surface area contributed by atoms with Gasteiger partial charge < -0.3 is 15.8 Å². The molecule has 0 aliphatic carbocycles. The Morgan fingerprint density at radius 2 is 2.22 bits per heavy atom. The second-order valence-electron chi connectivity index (χ2n) is 3.75. The predicted octanol–water partition coefficient (Wildman–Crippen LogP) is 2.49. The number of hydrogen-bond acceptors (Lipinski definition) is 4. The van der Waals surface area contributed by atoms with Crippen molar-refractivity contribution < 1.29 is 9.53 Å². The van der Waals surface area contributed by atoms with Crippen LogP contribution in [0.1, 0.15) is 4.88 Å². The molecule has 1 heterocycles. The Morgan fingerprint density at radius 3 is 2.94 bits per heavy atom. The van der Waals surface area contributed by atoms with Crippen LogP contribution >= 0.6 is 11.3 Å². The summed E-state index contributed by atoms with van der Waals surface area (Å²) in [7, 11) is 0. The standard InChI is InChI=1S/C13H14N2O2S/c14-10-3-1-4-11(7-10)15-13(16)9-17-8-12-5-2-6-18-12/h1-7H,8-9,14H2,(H,15,16). The Labute approximate surface area is 109 Å². The van der Waals surface area contributed by atoms with Crippen molar-refractivity contribution in [1.82, 2.24) is 0 Å². The summed E-state index contributed by atoms with van der Waals surface area (Å²) in [5.41, 5.74) is 6.92. The summed E-state index contributed by atoms with van der Waals surface area (Å²) in [6.07, 6.45) is 0. The van der Waals surface area contributed by atoms with Crippen molar-refractivity contribution in [3.63, 3.8) is 0 Å². The number of rotatable bonds is 5. The second-order valence-corrected chi connectivity index (χ2v) is 4.78. The SMILES string of the molecule is Nc1cccc(NC(=O)COCc2cccs2)c1. The Kier molecular flexibility index (Phi) is 4.33. The zero-order valence-electron chi connectivity index (χ0n) is 9.76. The Balaban J connectivity index is 1.75. The zero-order chi connectivity index (χ0) is 12.8. The third-order valence-corrected chi connectivity index (χ3v) is 3.08. The van der Waals surface area contributed by atoms with Gasteiger partial charge in [0, 0.05) is 16.3 Å². The number of carbonyl (C=O) groups is 1. The largest absolute Gasteiger partial charge is 0.399 e. The van der Waals surface area contributed by atoms with E-state index < -0.39 is 0 Å². The van der Waals surface area contributed by atoms with E-state index in [2.05, 4.69) is 5.32 Å². The molecule has 2 rings (SSSR count). The van der Waals surface area contributed by atoms with E-state index in [0.29, 0.717) is 18.0 Å². The fourth-order valence-corrected chi connectivity index (χ4v) is 2.09. The summed E-state index contributed by atoms with van der Waals surface area (Å²) in [6, 6.07) is 11.0. The van der Waals surface area contributed by atoms with Gasteiger partial charge in [-0.2, -0.15) is 0 Å². The molecule has 0 unspecified atom stereocenters. The highest BCUT2D eigenvalue weighted by Gasteiger charge is 2.03. The number of thiophene rings is 1. The van der Waals surface area contributed by atoms with Crippen molar-refractivity contribution in [2.24, 2.45) is 0 Å². The monoisotopic (exact) mass is 262 g/mol. The molecule has 1 amide bonds. The maximum atomic E-state index is 11.6. The lowest BCUT2D eigenvalue weighted by molar-refractivity contribution is -0.120. The number of benzene rings is 1. The number of hydrogen-bond donors (Lipinski definition) is 2. The first kappa shape index (κ1) is 12.6. The summed E-state index contributed by atoms with van der Waals surface area (Å²) in [5, 5.41) is 4.70. The number of nitrogens with two attached hydrogens (primary N) is 1. The van der Waals surface area contributed by atoms with Gasteiger partial charge in [-0.15, -0.1) is 11.3 Å². The van der Waals surface area contributed by atoms with Crippen LogP contribution in [-0.2, 0) is 16.1 Å². The quantitative estimate of drug-likeness (QED) is 0.814. The minimum atomic E-state index is -0.183. The summed E-state index contributed by atoms with van der Waals surface area (Å²) >= 11 is 1.61. The van der Waals surface area contributed by atoms with Crippen molar-refractivity contribution in [2.75, 3.05) is 17.7 Å². The van der Waals surface area contributed by atoms with Gasteiger partial charge in [0.05, 0.1) is 6.61 Å². The van der Waals surface area contributed by atoms with E-state index in [1.807, 2.05) is 17.5 Å². The first-order valence-electron chi connectivity index (χ1n) is 5.49. The minimum absolute atomic E-state index is 0.0344. The number of ether oxygens (including phenoxy) is 1. The van der Waals surface area contributed by atoms with Gasteiger partial charge in [-0.1, -0.05) is 12.1 Å². The van der Waals surface area contributed by atoms with E-state index in [-0.39, 0.29) is 12.5 Å². The summed E-state index contributed by atoms with van der Waals surface area (Å²) in [6.45, 7) is 0.495. The van der Waals surface area contributed by atoms with Gasteiger partial charge in [0.25, 0.3) is 0 Å². The summed E-state index contributed by atoms with van der Waals surface area (Å²) in [4.78, 5) is 12.7. The first-order chi connectivity index (χ1) is 8.74. The van der Waals surface area contributed by atoms with Crippen LogP contribution in [0, 0.1) is 0 Å². The zero-order valence-corrected chi connectivity index (χ0v) is 10.6. The molecule has 0 saturated carbocycles. The molecule has 5 heteroatoms. The average Bonchev–Trinajstić information content (AvgIpc) is 2.82. The van der Waals surface area contributed by atoms with E-state index in [4.69, 9.17) is 10.5 Å². The van der Waals surface area contributed by atoms with Crippen LogP contribution in [0.3, 0.4) is 0 Å². The molecule has 0 spiro atoms. The molecule has 0 saturated heterocycles. The van der Waals surface area contributed by atoms with Crippen LogP contribution in [0.4, 0.5) is 11.4 Å². The molecule has 0 aliphatic heterocycles. The van der Waals surface area contributed by atoms with Crippen molar-refractivity contribution in [1.29, 1.82) is 0 Å². The molecule has 1 aromatic heterocycles. The van der Waals surface area contributed by atoms with E-state index in [1.165, 1.54) is 0 Å². The third-order valence-electron chi connectivity index (χ3n) is 2.23. The lowest BCUT2D eigenvalue weighted by Crippen LogP contribution is -2.18. The fraction of sp³-hybridized carbons (Fsp3) is 0.154. The van der Waals surface area contributed by atoms with E-state index in [0.717, 1.165) is 4.88 Å². The third kappa shape index (κ3) is 3.87. The average molecular weight is 262 g/mol. The van der Waals surface area contributed by atoms with Gasteiger partial charge >= 0.3 is 0 Å². The first-order valence-corrected chi connectivity index (χ1v) is 6.37. The maximum absolute atomic E-state index is 11.6.